The van der Waals surface area contributed by atoms with Crippen LogP contribution >= 0.6 is 0 Å². The molecule has 4 heteroatoms. The van der Waals surface area contributed by atoms with Gasteiger partial charge in [-0.1, -0.05) is 6.92 Å². The molecule has 1 N–H and O–H groups in total. The molecule has 0 aromatic heterocycles. The first-order valence-electron chi connectivity index (χ1n) is 7.21. The minimum absolute atomic E-state index is 0.0150. The Morgan fingerprint density at radius 1 is 1.28 bits per heavy atom. The summed E-state index contributed by atoms with van der Waals surface area (Å²) in [6.07, 6.45) is 4.39. The molecule has 2 saturated heterocycles. The van der Waals surface area contributed by atoms with Crippen LogP contribution in [0.1, 0.15) is 39.5 Å². The van der Waals surface area contributed by atoms with Gasteiger partial charge in [-0.15, -0.1) is 0 Å². The number of likely N-dealkylation sites (tertiary alicyclic amines) is 1. The maximum atomic E-state index is 12.3. The SMILES string of the molecule is CC1CNCC2(CCN(C(=O)C3(C)CC3)CC2)O1. The highest BCUT2D eigenvalue weighted by Gasteiger charge is 2.49. The second kappa shape index (κ2) is 4.20. The highest BCUT2D eigenvalue weighted by molar-refractivity contribution is 5.85. The number of rotatable bonds is 1. The maximum absolute atomic E-state index is 12.3. The Morgan fingerprint density at radius 2 is 1.94 bits per heavy atom. The third-order valence-corrected chi connectivity index (χ3v) is 4.81. The number of nitrogens with zero attached hydrogens (tertiary/aromatic N) is 1. The number of amides is 1. The van der Waals surface area contributed by atoms with E-state index in [0.717, 1.165) is 51.9 Å². The summed E-state index contributed by atoms with van der Waals surface area (Å²) in [5, 5.41) is 3.45. The molecule has 18 heavy (non-hydrogen) atoms. The number of morpholine rings is 1. The van der Waals surface area contributed by atoms with Gasteiger partial charge in [0, 0.05) is 31.6 Å². The van der Waals surface area contributed by atoms with Crippen LogP contribution in [0.2, 0.25) is 0 Å². The average molecular weight is 252 g/mol. The van der Waals surface area contributed by atoms with Crippen LogP contribution in [-0.4, -0.2) is 48.7 Å². The van der Waals surface area contributed by atoms with E-state index in [1.54, 1.807) is 0 Å². The van der Waals surface area contributed by atoms with Gasteiger partial charge in [-0.25, -0.2) is 0 Å². The summed E-state index contributed by atoms with van der Waals surface area (Å²) in [7, 11) is 0. The van der Waals surface area contributed by atoms with Crippen LogP contribution in [-0.2, 0) is 9.53 Å². The van der Waals surface area contributed by atoms with Gasteiger partial charge in [0.15, 0.2) is 0 Å². The van der Waals surface area contributed by atoms with Crippen molar-refractivity contribution in [3.63, 3.8) is 0 Å². The zero-order valence-electron chi connectivity index (χ0n) is 11.5. The van der Waals surface area contributed by atoms with Crippen LogP contribution in [0, 0.1) is 5.41 Å². The number of piperidine rings is 1. The third-order valence-electron chi connectivity index (χ3n) is 4.81. The van der Waals surface area contributed by atoms with Crippen LogP contribution in [0.15, 0.2) is 0 Å². The molecule has 1 aliphatic carbocycles. The Balaban J connectivity index is 1.59. The maximum Gasteiger partial charge on any atom is 0.228 e. The predicted molar refractivity (Wildman–Crippen MR) is 69.3 cm³/mol. The molecule has 102 valence electrons. The smallest absolute Gasteiger partial charge is 0.228 e. The summed E-state index contributed by atoms with van der Waals surface area (Å²) >= 11 is 0. The van der Waals surface area contributed by atoms with Gasteiger partial charge in [0.05, 0.1) is 11.7 Å². The second-order valence-corrected chi connectivity index (χ2v) is 6.60. The van der Waals surface area contributed by atoms with E-state index in [-0.39, 0.29) is 11.0 Å². The molecule has 2 aliphatic heterocycles. The molecule has 0 aromatic carbocycles. The van der Waals surface area contributed by atoms with Crippen molar-refractivity contribution < 1.29 is 9.53 Å². The minimum Gasteiger partial charge on any atom is -0.369 e. The molecule has 3 aliphatic rings. The summed E-state index contributed by atoms with van der Waals surface area (Å²) in [5.74, 6) is 0.370. The Kier molecular flexibility index (Phi) is 2.90. The number of ether oxygens (including phenoxy) is 1. The first-order chi connectivity index (χ1) is 8.53. The number of hydrogen-bond donors (Lipinski definition) is 1. The molecule has 1 saturated carbocycles. The van der Waals surface area contributed by atoms with Gasteiger partial charge < -0.3 is 15.0 Å². The Morgan fingerprint density at radius 3 is 2.50 bits per heavy atom. The van der Waals surface area contributed by atoms with Crippen LogP contribution in [0.3, 0.4) is 0 Å². The first-order valence-corrected chi connectivity index (χ1v) is 7.21. The fourth-order valence-corrected chi connectivity index (χ4v) is 3.21. The molecule has 0 radical (unpaired) electrons. The van der Waals surface area contributed by atoms with E-state index in [1.165, 1.54) is 0 Å². The van der Waals surface area contributed by atoms with Crippen LogP contribution in [0.25, 0.3) is 0 Å². The van der Waals surface area contributed by atoms with Crippen molar-refractivity contribution in [2.24, 2.45) is 5.41 Å². The number of nitrogens with one attached hydrogen (secondary N) is 1. The van der Waals surface area contributed by atoms with Crippen LogP contribution < -0.4 is 5.32 Å². The van der Waals surface area contributed by atoms with E-state index in [4.69, 9.17) is 4.74 Å². The van der Waals surface area contributed by atoms with E-state index < -0.39 is 0 Å². The van der Waals surface area contributed by atoms with Crippen LogP contribution in [0.5, 0.6) is 0 Å². The second-order valence-electron chi connectivity index (χ2n) is 6.60. The highest BCUT2D eigenvalue weighted by Crippen LogP contribution is 2.47. The van der Waals surface area contributed by atoms with Gasteiger partial charge in [0.2, 0.25) is 5.91 Å². The number of hydrogen-bond acceptors (Lipinski definition) is 3. The van der Waals surface area contributed by atoms with Gasteiger partial charge >= 0.3 is 0 Å². The first kappa shape index (κ1) is 12.4. The summed E-state index contributed by atoms with van der Waals surface area (Å²) in [5.41, 5.74) is -0.0393. The third kappa shape index (κ3) is 2.16. The molecule has 3 rings (SSSR count). The van der Waals surface area contributed by atoms with Crippen molar-refractivity contribution >= 4 is 5.91 Å². The van der Waals surface area contributed by atoms with Gasteiger partial charge in [0.25, 0.3) is 0 Å². The van der Waals surface area contributed by atoms with Gasteiger partial charge in [0.1, 0.15) is 0 Å². The van der Waals surface area contributed by atoms with Crippen LogP contribution in [0.4, 0.5) is 0 Å². The monoisotopic (exact) mass is 252 g/mol. The zero-order chi connectivity index (χ0) is 12.8. The Bertz CT molecular complexity index is 344. The van der Waals surface area contributed by atoms with Gasteiger partial charge in [-0.05, 0) is 32.6 Å². The fourth-order valence-electron chi connectivity index (χ4n) is 3.21. The summed E-state index contributed by atoms with van der Waals surface area (Å²) in [4.78, 5) is 14.3. The molecule has 4 nitrogen and oxygen atoms in total. The van der Waals surface area contributed by atoms with Crippen molar-refractivity contribution in [2.45, 2.75) is 51.2 Å². The van der Waals surface area contributed by atoms with Gasteiger partial charge in [-0.3, -0.25) is 4.79 Å². The molecule has 1 spiro atoms. The van der Waals surface area contributed by atoms with E-state index >= 15 is 0 Å². The Hall–Kier alpha value is -0.610. The summed E-state index contributed by atoms with van der Waals surface area (Å²) < 4.78 is 6.14. The Labute approximate surface area is 109 Å². The lowest BCUT2D eigenvalue weighted by Crippen LogP contribution is -2.58. The molecule has 1 atom stereocenters. The van der Waals surface area contributed by atoms with Crippen molar-refractivity contribution in [1.82, 2.24) is 10.2 Å². The lowest BCUT2D eigenvalue weighted by Gasteiger charge is -2.46. The number of carbonyl (C=O) groups is 1. The topological polar surface area (TPSA) is 41.6 Å². The van der Waals surface area contributed by atoms with E-state index in [0.29, 0.717) is 12.0 Å². The highest BCUT2D eigenvalue weighted by atomic mass is 16.5. The lowest BCUT2D eigenvalue weighted by molar-refractivity contribution is -0.153. The molecule has 3 fully saturated rings. The van der Waals surface area contributed by atoms with E-state index in [1.807, 2.05) is 0 Å². The molecule has 1 amide bonds. The predicted octanol–water partition coefficient (Wildman–Crippen LogP) is 1.16. The summed E-state index contributed by atoms with van der Waals surface area (Å²) in [6, 6.07) is 0. The molecule has 1 unspecified atom stereocenters. The molecule has 2 heterocycles. The normalized spacial score (nSPS) is 33.4. The molecular weight excluding hydrogens is 228 g/mol. The standard InChI is InChI=1S/C14H24N2O2/c1-11-9-15-10-14(18-11)5-7-16(8-6-14)12(17)13(2)3-4-13/h11,15H,3-10H2,1-2H3. The lowest BCUT2D eigenvalue weighted by atomic mass is 9.88. The number of carbonyl (C=O) groups excluding carboxylic acids is 1. The zero-order valence-corrected chi connectivity index (χ0v) is 11.5. The molecular formula is C14H24N2O2. The summed E-state index contributed by atoms with van der Waals surface area (Å²) in [6.45, 7) is 7.84. The average Bonchev–Trinajstić information content (AvgIpc) is 3.09. The van der Waals surface area contributed by atoms with Gasteiger partial charge in [-0.2, -0.15) is 0 Å². The van der Waals surface area contributed by atoms with Crippen molar-refractivity contribution in [3.8, 4) is 0 Å². The van der Waals surface area contributed by atoms with E-state index in [9.17, 15) is 4.79 Å². The van der Waals surface area contributed by atoms with Crippen molar-refractivity contribution in [2.75, 3.05) is 26.2 Å². The van der Waals surface area contributed by atoms with Crippen molar-refractivity contribution in [3.05, 3.63) is 0 Å². The van der Waals surface area contributed by atoms with E-state index in [2.05, 4.69) is 24.1 Å². The molecule has 0 bridgehead atoms. The quantitative estimate of drug-likeness (QED) is 0.761. The minimum atomic E-state index is -0.0243. The molecule has 0 aromatic rings. The largest absolute Gasteiger partial charge is 0.369 e. The van der Waals surface area contributed by atoms with Crippen molar-refractivity contribution in [1.29, 1.82) is 0 Å². The fraction of sp³-hybridized carbons (Fsp3) is 0.929.